The van der Waals surface area contributed by atoms with Crippen LogP contribution in [0.25, 0.3) is 0 Å². The van der Waals surface area contributed by atoms with Crippen molar-refractivity contribution in [2.24, 2.45) is 0 Å². The van der Waals surface area contributed by atoms with E-state index in [2.05, 4.69) is 5.32 Å². The van der Waals surface area contributed by atoms with E-state index in [1.54, 1.807) is 31.2 Å². The number of benzene rings is 1. The summed E-state index contributed by atoms with van der Waals surface area (Å²) >= 11 is 0. The predicted octanol–water partition coefficient (Wildman–Crippen LogP) is 0.376. The lowest BCUT2D eigenvalue weighted by atomic mass is 10.1. The fourth-order valence-electron chi connectivity index (χ4n) is 1.92. The van der Waals surface area contributed by atoms with Crippen LogP contribution in [0.5, 0.6) is 0 Å². The van der Waals surface area contributed by atoms with Gasteiger partial charge in [0.05, 0.1) is 17.2 Å². The molecular weight excluding hydrogens is 260 g/mol. The van der Waals surface area contributed by atoms with Crippen molar-refractivity contribution in [3.8, 4) is 0 Å². The first-order valence-electron chi connectivity index (χ1n) is 6.17. The largest absolute Gasteiger partial charge is 0.345 e. The third-order valence-corrected chi connectivity index (χ3v) is 3.17. The molecule has 0 radical (unpaired) electrons. The van der Waals surface area contributed by atoms with Crippen molar-refractivity contribution in [3.05, 3.63) is 35.4 Å². The van der Waals surface area contributed by atoms with Gasteiger partial charge in [0.15, 0.2) is 5.78 Å². The number of rotatable bonds is 4. The topological polar surface area (TPSA) is 83.6 Å². The molecule has 1 heterocycles. The third kappa shape index (κ3) is 2.45. The van der Waals surface area contributed by atoms with Gasteiger partial charge in [0.2, 0.25) is 5.91 Å². The van der Waals surface area contributed by atoms with Gasteiger partial charge in [-0.15, -0.1) is 0 Å². The Morgan fingerprint density at radius 2 is 1.65 bits per heavy atom. The number of imide groups is 1. The number of nitrogens with one attached hydrogen (secondary N) is 1. The van der Waals surface area contributed by atoms with Crippen molar-refractivity contribution in [1.82, 2.24) is 10.2 Å². The molecule has 1 atom stereocenters. The third-order valence-electron chi connectivity index (χ3n) is 3.17. The molecule has 1 aromatic carbocycles. The predicted molar refractivity (Wildman–Crippen MR) is 70.1 cm³/mol. The van der Waals surface area contributed by atoms with Crippen LogP contribution in [0.4, 0.5) is 0 Å². The Morgan fingerprint density at radius 1 is 1.15 bits per heavy atom. The van der Waals surface area contributed by atoms with Crippen molar-refractivity contribution in [2.75, 3.05) is 6.54 Å². The second-order valence-electron chi connectivity index (χ2n) is 4.64. The summed E-state index contributed by atoms with van der Waals surface area (Å²) in [4.78, 5) is 47.7. The van der Waals surface area contributed by atoms with E-state index in [1.807, 2.05) is 0 Å². The number of hydrogen-bond acceptors (Lipinski definition) is 4. The summed E-state index contributed by atoms with van der Waals surface area (Å²) in [6.07, 6.45) is 0. The highest BCUT2D eigenvalue weighted by Gasteiger charge is 2.36. The number of ketones is 1. The van der Waals surface area contributed by atoms with Crippen LogP contribution in [0.1, 0.15) is 34.6 Å². The van der Waals surface area contributed by atoms with Crippen molar-refractivity contribution in [1.29, 1.82) is 0 Å². The van der Waals surface area contributed by atoms with Gasteiger partial charge in [-0.1, -0.05) is 12.1 Å². The van der Waals surface area contributed by atoms with E-state index in [4.69, 9.17) is 0 Å². The molecule has 0 spiro atoms. The minimum absolute atomic E-state index is 0.194. The van der Waals surface area contributed by atoms with Gasteiger partial charge in [0, 0.05) is 0 Å². The molecule has 0 saturated heterocycles. The molecule has 1 aromatic rings. The monoisotopic (exact) mass is 274 g/mol. The quantitative estimate of drug-likeness (QED) is 0.804. The Morgan fingerprint density at radius 3 is 2.10 bits per heavy atom. The molecule has 1 aliphatic rings. The van der Waals surface area contributed by atoms with Crippen LogP contribution in [0, 0.1) is 0 Å². The zero-order chi connectivity index (χ0) is 14.9. The van der Waals surface area contributed by atoms with Crippen molar-refractivity contribution in [3.63, 3.8) is 0 Å². The average molecular weight is 274 g/mol. The summed E-state index contributed by atoms with van der Waals surface area (Å²) in [7, 11) is 0. The van der Waals surface area contributed by atoms with Crippen LogP contribution in [-0.4, -0.2) is 41.0 Å². The molecule has 0 saturated carbocycles. The molecule has 0 fully saturated rings. The Kier molecular flexibility index (Phi) is 3.65. The van der Waals surface area contributed by atoms with Gasteiger partial charge in [0.1, 0.15) is 6.54 Å². The fourth-order valence-corrected chi connectivity index (χ4v) is 1.92. The average Bonchev–Trinajstić information content (AvgIpc) is 2.64. The summed E-state index contributed by atoms with van der Waals surface area (Å²) in [5.41, 5.74) is 0.592. The molecular formula is C14H14N2O4. The van der Waals surface area contributed by atoms with E-state index in [0.717, 1.165) is 4.90 Å². The highest BCUT2D eigenvalue weighted by molar-refractivity contribution is 6.22. The molecule has 2 rings (SSSR count). The Labute approximate surface area is 115 Å². The van der Waals surface area contributed by atoms with Gasteiger partial charge in [-0.2, -0.15) is 0 Å². The highest BCUT2D eigenvalue weighted by atomic mass is 16.2. The lowest BCUT2D eigenvalue weighted by Crippen LogP contribution is -2.45. The van der Waals surface area contributed by atoms with Crippen LogP contribution in [0.15, 0.2) is 24.3 Å². The minimum Gasteiger partial charge on any atom is -0.345 e. The van der Waals surface area contributed by atoms with E-state index in [0.29, 0.717) is 11.1 Å². The second kappa shape index (κ2) is 5.24. The first-order chi connectivity index (χ1) is 9.41. The van der Waals surface area contributed by atoms with Crippen LogP contribution >= 0.6 is 0 Å². The number of Topliss-reactive ketones (excluding diaryl/α,β-unsaturated/α-hetero) is 1. The number of fused-ring (bicyclic) bond motifs is 1. The maximum Gasteiger partial charge on any atom is 0.262 e. The molecule has 1 aliphatic heterocycles. The van der Waals surface area contributed by atoms with Crippen molar-refractivity contribution >= 4 is 23.5 Å². The van der Waals surface area contributed by atoms with E-state index in [9.17, 15) is 19.2 Å². The maximum absolute atomic E-state index is 12.0. The molecule has 104 valence electrons. The van der Waals surface area contributed by atoms with Gasteiger partial charge in [-0.05, 0) is 26.0 Å². The number of hydrogen-bond donors (Lipinski definition) is 1. The summed E-state index contributed by atoms with van der Waals surface area (Å²) in [5, 5.41) is 2.44. The van der Waals surface area contributed by atoms with E-state index >= 15 is 0 Å². The van der Waals surface area contributed by atoms with Crippen LogP contribution < -0.4 is 5.32 Å². The van der Waals surface area contributed by atoms with Crippen LogP contribution in [0.2, 0.25) is 0 Å². The molecule has 20 heavy (non-hydrogen) atoms. The molecule has 6 heteroatoms. The Balaban J connectivity index is 2.09. The summed E-state index contributed by atoms with van der Waals surface area (Å²) in [5.74, 6) is -1.71. The van der Waals surface area contributed by atoms with Crippen LogP contribution in [-0.2, 0) is 9.59 Å². The molecule has 0 bridgehead atoms. The number of carbonyl (C=O) groups is 4. The Hall–Kier alpha value is -2.50. The number of carbonyl (C=O) groups excluding carboxylic acids is 4. The molecule has 0 aromatic heterocycles. The van der Waals surface area contributed by atoms with Gasteiger partial charge in [-0.3, -0.25) is 24.1 Å². The molecule has 3 amide bonds. The summed E-state index contributed by atoms with van der Waals surface area (Å²) in [6, 6.07) is 5.77. The molecule has 6 nitrogen and oxygen atoms in total. The van der Waals surface area contributed by atoms with E-state index in [1.165, 1.54) is 6.92 Å². The lowest BCUT2D eigenvalue weighted by molar-refractivity contribution is -0.126. The molecule has 0 unspecified atom stereocenters. The molecule has 1 N–H and O–H groups in total. The zero-order valence-corrected chi connectivity index (χ0v) is 11.2. The van der Waals surface area contributed by atoms with Gasteiger partial charge in [-0.25, -0.2) is 0 Å². The SMILES string of the molecule is CC(=O)[C@@H](C)NC(=O)CN1C(=O)c2ccccc2C1=O. The van der Waals surface area contributed by atoms with E-state index < -0.39 is 23.8 Å². The number of nitrogens with zero attached hydrogens (tertiary/aromatic N) is 1. The zero-order valence-electron chi connectivity index (χ0n) is 11.2. The normalized spacial score (nSPS) is 15.0. The minimum atomic E-state index is -0.641. The second-order valence-corrected chi connectivity index (χ2v) is 4.64. The van der Waals surface area contributed by atoms with Gasteiger partial charge in [0.25, 0.3) is 11.8 Å². The summed E-state index contributed by atoms with van der Waals surface area (Å²) in [6.45, 7) is 2.51. The maximum atomic E-state index is 12.0. The van der Waals surface area contributed by atoms with Crippen molar-refractivity contribution < 1.29 is 19.2 Å². The van der Waals surface area contributed by atoms with E-state index in [-0.39, 0.29) is 12.3 Å². The first kappa shape index (κ1) is 13.9. The summed E-state index contributed by atoms with van der Waals surface area (Å²) < 4.78 is 0. The van der Waals surface area contributed by atoms with Gasteiger partial charge >= 0.3 is 0 Å². The smallest absolute Gasteiger partial charge is 0.262 e. The first-order valence-corrected chi connectivity index (χ1v) is 6.17. The standard InChI is InChI=1S/C14H14N2O4/c1-8(9(2)17)15-12(18)7-16-13(19)10-5-3-4-6-11(10)14(16)20/h3-6,8H,7H2,1-2H3,(H,15,18)/t8-/m1/s1. The number of amides is 3. The highest BCUT2D eigenvalue weighted by Crippen LogP contribution is 2.21. The lowest BCUT2D eigenvalue weighted by Gasteiger charge is -2.15. The Bertz CT molecular complexity index is 574. The molecule has 0 aliphatic carbocycles. The van der Waals surface area contributed by atoms with Crippen LogP contribution in [0.3, 0.4) is 0 Å². The van der Waals surface area contributed by atoms with Gasteiger partial charge < -0.3 is 5.32 Å². The fraction of sp³-hybridized carbons (Fsp3) is 0.286. The van der Waals surface area contributed by atoms with Crippen molar-refractivity contribution in [2.45, 2.75) is 19.9 Å².